The average Bonchev–Trinajstić information content (AvgIpc) is 2.75. The maximum absolute atomic E-state index is 5.93. The van der Waals surface area contributed by atoms with E-state index in [1.165, 1.54) is 5.56 Å². The Morgan fingerprint density at radius 3 is 2.76 bits per heavy atom. The summed E-state index contributed by atoms with van der Waals surface area (Å²) in [6, 6.07) is 5.72. The number of aromatic nitrogens is 2. The van der Waals surface area contributed by atoms with Crippen LogP contribution in [0.5, 0.6) is 5.75 Å². The monoisotopic (exact) mass is 288 g/mol. The van der Waals surface area contributed by atoms with Gasteiger partial charge in [-0.25, -0.2) is 0 Å². The fraction of sp³-hybridized carbons (Fsp3) is 0.438. The van der Waals surface area contributed by atoms with Crippen LogP contribution < -0.4 is 15.8 Å². The van der Waals surface area contributed by atoms with Gasteiger partial charge in [-0.05, 0) is 26.3 Å². The Morgan fingerprint density at radius 1 is 1.33 bits per heavy atom. The van der Waals surface area contributed by atoms with Gasteiger partial charge in [-0.3, -0.25) is 4.68 Å². The zero-order valence-corrected chi connectivity index (χ0v) is 13.2. The summed E-state index contributed by atoms with van der Waals surface area (Å²) in [4.78, 5) is 0. The van der Waals surface area contributed by atoms with Gasteiger partial charge < -0.3 is 15.8 Å². The van der Waals surface area contributed by atoms with Crippen molar-refractivity contribution in [3.63, 3.8) is 0 Å². The van der Waals surface area contributed by atoms with E-state index in [1.807, 2.05) is 50.0 Å². The Balaban J connectivity index is 2.10. The summed E-state index contributed by atoms with van der Waals surface area (Å²) in [5.74, 6) is 0.786. The first-order valence-corrected chi connectivity index (χ1v) is 7.30. The number of hydrogen-bond acceptors (Lipinski definition) is 4. The summed E-state index contributed by atoms with van der Waals surface area (Å²) in [6.45, 7) is 6.83. The smallest absolute Gasteiger partial charge is 0.123 e. The Kier molecular flexibility index (Phi) is 4.73. The summed E-state index contributed by atoms with van der Waals surface area (Å²) >= 11 is 0. The van der Waals surface area contributed by atoms with Crippen LogP contribution in [0, 0.1) is 0 Å². The second-order valence-electron chi connectivity index (χ2n) is 5.44. The van der Waals surface area contributed by atoms with Crippen LogP contribution in [0.2, 0.25) is 0 Å². The van der Waals surface area contributed by atoms with Gasteiger partial charge in [0.2, 0.25) is 0 Å². The van der Waals surface area contributed by atoms with Gasteiger partial charge in [0.25, 0.3) is 0 Å². The minimum absolute atomic E-state index is 0.129. The molecule has 0 aliphatic heterocycles. The highest BCUT2D eigenvalue weighted by molar-refractivity contribution is 5.59. The molecule has 3 N–H and O–H groups in total. The standard InChI is InChI=1S/C16H24N4O/c1-5-16-12(10-20(4)19-16)9-18-14-6-13(17)7-15(8-14)21-11(2)3/h6-8,10-11,18H,5,9,17H2,1-4H3. The third-order valence-corrected chi connectivity index (χ3v) is 3.11. The highest BCUT2D eigenvalue weighted by Gasteiger charge is 2.07. The molecule has 0 saturated heterocycles. The van der Waals surface area contributed by atoms with Gasteiger partial charge in [-0.2, -0.15) is 5.10 Å². The van der Waals surface area contributed by atoms with E-state index in [1.54, 1.807) is 0 Å². The van der Waals surface area contributed by atoms with Gasteiger partial charge in [-0.15, -0.1) is 0 Å². The molecule has 1 aromatic carbocycles. The number of anilines is 2. The number of nitrogens with zero attached hydrogens (tertiary/aromatic N) is 2. The topological polar surface area (TPSA) is 65.1 Å². The Labute approximate surface area is 126 Å². The predicted octanol–water partition coefficient (Wildman–Crippen LogP) is 2.96. The summed E-state index contributed by atoms with van der Waals surface area (Å²) in [6.07, 6.45) is 3.10. The van der Waals surface area contributed by atoms with E-state index in [-0.39, 0.29) is 6.10 Å². The molecule has 2 aromatic rings. The number of benzene rings is 1. The predicted molar refractivity (Wildman–Crippen MR) is 86.5 cm³/mol. The van der Waals surface area contributed by atoms with Crippen molar-refractivity contribution in [1.29, 1.82) is 0 Å². The average molecular weight is 288 g/mol. The molecule has 1 heterocycles. The van der Waals surface area contributed by atoms with Gasteiger partial charge >= 0.3 is 0 Å². The Morgan fingerprint density at radius 2 is 2.10 bits per heavy atom. The number of rotatable bonds is 6. The SMILES string of the molecule is CCc1nn(C)cc1CNc1cc(N)cc(OC(C)C)c1. The molecule has 0 amide bonds. The molecule has 5 heteroatoms. The van der Waals surface area contributed by atoms with Crippen molar-refractivity contribution in [2.45, 2.75) is 39.8 Å². The van der Waals surface area contributed by atoms with Crippen molar-refractivity contribution in [3.8, 4) is 5.75 Å². The number of nitrogens with two attached hydrogens (primary N) is 1. The van der Waals surface area contributed by atoms with Crippen LogP contribution in [0.4, 0.5) is 11.4 Å². The molecule has 21 heavy (non-hydrogen) atoms. The molecule has 5 nitrogen and oxygen atoms in total. The van der Waals surface area contributed by atoms with Gasteiger partial charge in [0, 0.05) is 48.9 Å². The second kappa shape index (κ2) is 6.52. The van der Waals surface area contributed by atoms with Crippen molar-refractivity contribution in [1.82, 2.24) is 9.78 Å². The number of hydrogen-bond donors (Lipinski definition) is 2. The maximum Gasteiger partial charge on any atom is 0.123 e. The molecule has 0 atom stereocenters. The van der Waals surface area contributed by atoms with Gasteiger partial charge in [0.1, 0.15) is 5.75 Å². The molecule has 0 spiro atoms. The maximum atomic E-state index is 5.93. The van der Waals surface area contributed by atoms with Crippen LogP contribution in [0.25, 0.3) is 0 Å². The number of aryl methyl sites for hydroxylation is 2. The van der Waals surface area contributed by atoms with Crippen LogP contribution in [-0.2, 0) is 20.0 Å². The summed E-state index contributed by atoms with van der Waals surface area (Å²) in [5.41, 5.74) is 9.90. The van der Waals surface area contributed by atoms with Crippen LogP contribution in [0.3, 0.4) is 0 Å². The van der Waals surface area contributed by atoms with E-state index in [9.17, 15) is 0 Å². The number of nitrogens with one attached hydrogen (secondary N) is 1. The normalized spacial score (nSPS) is 10.9. The van der Waals surface area contributed by atoms with Crippen molar-refractivity contribution in [3.05, 3.63) is 35.7 Å². The van der Waals surface area contributed by atoms with Crippen LogP contribution in [0.1, 0.15) is 32.0 Å². The van der Waals surface area contributed by atoms with E-state index in [4.69, 9.17) is 10.5 Å². The first-order valence-electron chi connectivity index (χ1n) is 7.30. The second-order valence-corrected chi connectivity index (χ2v) is 5.44. The molecule has 0 radical (unpaired) electrons. The fourth-order valence-corrected chi connectivity index (χ4v) is 2.29. The lowest BCUT2D eigenvalue weighted by molar-refractivity contribution is 0.242. The van der Waals surface area contributed by atoms with E-state index in [0.717, 1.165) is 30.1 Å². The quantitative estimate of drug-likeness (QED) is 0.802. The Bertz CT molecular complexity index is 604. The van der Waals surface area contributed by atoms with Crippen LogP contribution in [-0.4, -0.2) is 15.9 Å². The third kappa shape index (κ3) is 4.15. The van der Waals surface area contributed by atoms with Crippen molar-refractivity contribution < 1.29 is 4.74 Å². The van der Waals surface area contributed by atoms with Crippen LogP contribution in [0.15, 0.2) is 24.4 Å². The number of nitrogen functional groups attached to an aromatic ring is 1. The summed E-state index contributed by atoms with van der Waals surface area (Å²) in [7, 11) is 1.94. The summed E-state index contributed by atoms with van der Waals surface area (Å²) < 4.78 is 7.55. The molecule has 0 aliphatic rings. The molecular formula is C16H24N4O. The van der Waals surface area contributed by atoms with E-state index < -0.39 is 0 Å². The molecule has 0 fully saturated rings. The molecule has 0 saturated carbocycles. The van der Waals surface area contributed by atoms with E-state index in [2.05, 4.69) is 17.3 Å². The lowest BCUT2D eigenvalue weighted by Crippen LogP contribution is -2.07. The fourth-order valence-electron chi connectivity index (χ4n) is 2.29. The molecular weight excluding hydrogens is 264 g/mol. The largest absolute Gasteiger partial charge is 0.491 e. The minimum atomic E-state index is 0.129. The Hall–Kier alpha value is -2.17. The van der Waals surface area contributed by atoms with Gasteiger partial charge in [0.15, 0.2) is 0 Å². The van der Waals surface area contributed by atoms with Crippen molar-refractivity contribution in [2.24, 2.45) is 7.05 Å². The van der Waals surface area contributed by atoms with Crippen molar-refractivity contribution >= 4 is 11.4 Å². The van der Waals surface area contributed by atoms with Gasteiger partial charge in [-0.1, -0.05) is 6.92 Å². The van der Waals surface area contributed by atoms with Gasteiger partial charge in [0.05, 0.1) is 11.8 Å². The molecule has 114 valence electrons. The lowest BCUT2D eigenvalue weighted by atomic mass is 10.2. The molecule has 0 unspecified atom stereocenters. The zero-order valence-electron chi connectivity index (χ0n) is 13.2. The first kappa shape index (κ1) is 15.2. The highest BCUT2D eigenvalue weighted by Crippen LogP contribution is 2.24. The lowest BCUT2D eigenvalue weighted by Gasteiger charge is -2.13. The first-order chi connectivity index (χ1) is 9.97. The molecule has 0 bridgehead atoms. The highest BCUT2D eigenvalue weighted by atomic mass is 16.5. The summed E-state index contributed by atoms with van der Waals surface area (Å²) in [5, 5.41) is 7.83. The molecule has 2 rings (SSSR count). The number of ether oxygens (including phenoxy) is 1. The van der Waals surface area contributed by atoms with E-state index >= 15 is 0 Å². The molecule has 1 aromatic heterocycles. The van der Waals surface area contributed by atoms with Crippen LogP contribution >= 0.6 is 0 Å². The third-order valence-electron chi connectivity index (χ3n) is 3.11. The molecule has 0 aliphatic carbocycles. The minimum Gasteiger partial charge on any atom is -0.491 e. The van der Waals surface area contributed by atoms with Crippen molar-refractivity contribution in [2.75, 3.05) is 11.1 Å². The van der Waals surface area contributed by atoms with E-state index in [0.29, 0.717) is 5.69 Å². The zero-order chi connectivity index (χ0) is 15.4.